The standard InChI is InChI=1S/C12H11NO2/c14-12(15)8-9-5-6-13-11-4-2-1-3-10(11)7-9/h1-6H,7-8H2,(H,14,15). The van der Waals surface area contributed by atoms with E-state index in [9.17, 15) is 4.79 Å². The molecule has 2 rings (SSSR count). The van der Waals surface area contributed by atoms with E-state index < -0.39 is 5.97 Å². The highest BCUT2D eigenvalue weighted by Gasteiger charge is 2.09. The topological polar surface area (TPSA) is 49.7 Å². The third-order valence-electron chi connectivity index (χ3n) is 2.31. The van der Waals surface area contributed by atoms with Crippen LogP contribution in [0.3, 0.4) is 0 Å². The number of carboxylic acid groups (broad SMARTS) is 1. The third-order valence-corrected chi connectivity index (χ3v) is 2.31. The van der Waals surface area contributed by atoms with Gasteiger partial charge in [-0.3, -0.25) is 9.79 Å². The highest BCUT2D eigenvalue weighted by atomic mass is 16.4. The summed E-state index contributed by atoms with van der Waals surface area (Å²) >= 11 is 0. The van der Waals surface area contributed by atoms with Crippen LogP contribution in [0.1, 0.15) is 12.0 Å². The van der Waals surface area contributed by atoms with Crippen molar-refractivity contribution in [2.45, 2.75) is 12.8 Å². The van der Waals surface area contributed by atoms with E-state index in [-0.39, 0.29) is 6.42 Å². The zero-order valence-corrected chi connectivity index (χ0v) is 8.18. The number of fused-ring (bicyclic) bond motifs is 1. The Morgan fingerprint density at radius 2 is 2.20 bits per heavy atom. The van der Waals surface area contributed by atoms with Crippen LogP contribution >= 0.6 is 0 Å². The fraction of sp³-hybridized carbons (Fsp3) is 0.167. The minimum atomic E-state index is -0.797. The Labute approximate surface area is 87.8 Å². The third kappa shape index (κ3) is 2.31. The zero-order chi connectivity index (χ0) is 10.7. The Morgan fingerprint density at radius 3 is 3.00 bits per heavy atom. The molecule has 0 unspecified atom stereocenters. The van der Waals surface area contributed by atoms with E-state index in [0.717, 1.165) is 16.8 Å². The van der Waals surface area contributed by atoms with E-state index in [1.807, 2.05) is 24.3 Å². The summed E-state index contributed by atoms with van der Waals surface area (Å²) < 4.78 is 0. The Kier molecular flexibility index (Phi) is 2.63. The van der Waals surface area contributed by atoms with Crippen LogP contribution < -0.4 is 0 Å². The van der Waals surface area contributed by atoms with Crippen molar-refractivity contribution in [1.82, 2.24) is 0 Å². The van der Waals surface area contributed by atoms with Gasteiger partial charge in [-0.2, -0.15) is 0 Å². The van der Waals surface area contributed by atoms with Crippen molar-refractivity contribution in [2.24, 2.45) is 4.99 Å². The molecule has 0 amide bonds. The molecule has 3 nitrogen and oxygen atoms in total. The van der Waals surface area contributed by atoms with Crippen molar-refractivity contribution in [3.05, 3.63) is 41.5 Å². The maximum absolute atomic E-state index is 10.6. The van der Waals surface area contributed by atoms with Gasteiger partial charge in [0.05, 0.1) is 12.1 Å². The lowest BCUT2D eigenvalue weighted by atomic mass is 10.0. The number of nitrogens with zero attached hydrogens (tertiary/aromatic N) is 1. The van der Waals surface area contributed by atoms with Crippen LogP contribution in [0.2, 0.25) is 0 Å². The molecule has 0 saturated carbocycles. The maximum Gasteiger partial charge on any atom is 0.307 e. The van der Waals surface area contributed by atoms with Gasteiger partial charge >= 0.3 is 5.97 Å². The van der Waals surface area contributed by atoms with Crippen molar-refractivity contribution in [1.29, 1.82) is 0 Å². The summed E-state index contributed by atoms with van der Waals surface area (Å²) in [4.78, 5) is 14.9. The molecule has 0 aromatic heterocycles. The van der Waals surface area contributed by atoms with Crippen molar-refractivity contribution < 1.29 is 9.90 Å². The fourth-order valence-corrected chi connectivity index (χ4v) is 1.63. The Morgan fingerprint density at radius 1 is 1.40 bits per heavy atom. The number of aliphatic imine (C=N–C) groups is 1. The molecule has 1 aliphatic heterocycles. The lowest BCUT2D eigenvalue weighted by molar-refractivity contribution is -0.136. The van der Waals surface area contributed by atoms with Gasteiger partial charge in [-0.05, 0) is 24.1 Å². The first kappa shape index (κ1) is 9.65. The fourth-order valence-electron chi connectivity index (χ4n) is 1.63. The molecule has 0 fully saturated rings. The number of rotatable bonds is 2. The summed E-state index contributed by atoms with van der Waals surface area (Å²) in [6.45, 7) is 0. The second-order valence-corrected chi connectivity index (χ2v) is 3.48. The first-order chi connectivity index (χ1) is 7.25. The lowest BCUT2D eigenvalue weighted by Crippen LogP contribution is -1.99. The predicted molar refractivity (Wildman–Crippen MR) is 58.6 cm³/mol. The number of para-hydroxylation sites is 1. The smallest absolute Gasteiger partial charge is 0.307 e. The Hall–Kier alpha value is -1.90. The van der Waals surface area contributed by atoms with Crippen LogP contribution in [-0.2, 0) is 11.2 Å². The maximum atomic E-state index is 10.6. The Bertz CT molecular complexity index is 447. The normalized spacial score (nSPS) is 14.0. The number of carbonyl (C=O) groups is 1. The molecule has 1 N–H and O–H groups in total. The monoisotopic (exact) mass is 201 g/mol. The molecule has 1 heterocycles. The Balaban J connectivity index is 2.27. The second kappa shape index (κ2) is 4.09. The number of hydrogen-bond donors (Lipinski definition) is 1. The van der Waals surface area contributed by atoms with Gasteiger partial charge in [0, 0.05) is 6.21 Å². The molecular weight excluding hydrogens is 190 g/mol. The summed E-state index contributed by atoms with van der Waals surface area (Å²) in [6, 6.07) is 7.79. The van der Waals surface area contributed by atoms with Gasteiger partial charge in [0.25, 0.3) is 0 Å². The summed E-state index contributed by atoms with van der Waals surface area (Å²) in [5.74, 6) is -0.797. The van der Waals surface area contributed by atoms with E-state index in [1.54, 1.807) is 12.3 Å². The molecule has 0 spiro atoms. The van der Waals surface area contributed by atoms with Gasteiger partial charge < -0.3 is 5.11 Å². The summed E-state index contributed by atoms with van der Waals surface area (Å²) in [5, 5.41) is 8.72. The zero-order valence-electron chi connectivity index (χ0n) is 8.18. The molecule has 15 heavy (non-hydrogen) atoms. The molecular formula is C12H11NO2. The number of hydrogen-bond acceptors (Lipinski definition) is 2. The van der Waals surface area contributed by atoms with E-state index in [2.05, 4.69) is 4.99 Å². The molecule has 1 aromatic carbocycles. The first-order valence-electron chi connectivity index (χ1n) is 4.77. The van der Waals surface area contributed by atoms with Gasteiger partial charge in [-0.25, -0.2) is 0 Å². The molecule has 76 valence electrons. The van der Waals surface area contributed by atoms with E-state index in [4.69, 9.17) is 5.11 Å². The summed E-state index contributed by atoms with van der Waals surface area (Å²) in [7, 11) is 0. The minimum absolute atomic E-state index is 0.0837. The molecule has 0 atom stereocenters. The molecule has 0 saturated heterocycles. The number of aliphatic carboxylic acids is 1. The van der Waals surface area contributed by atoms with Gasteiger partial charge in [-0.1, -0.05) is 23.8 Å². The SMILES string of the molecule is O=C(O)CC1=CC=Nc2ccccc2C1. The van der Waals surface area contributed by atoms with Gasteiger partial charge in [-0.15, -0.1) is 0 Å². The second-order valence-electron chi connectivity index (χ2n) is 3.48. The van der Waals surface area contributed by atoms with Gasteiger partial charge in [0.15, 0.2) is 0 Å². The van der Waals surface area contributed by atoms with E-state index in [0.29, 0.717) is 6.42 Å². The summed E-state index contributed by atoms with van der Waals surface area (Å²) in [6.07, 6.45) is 4.21. The van der Waals surface area contributed by atoms with Crippen LogP contribution in [0.4, 0.5) is 5.69 Å². The number of benzene rings is 1. The molecule has 0 radical (unpaired) electrons. The van der Waals surface area contributed by atoms with Crippen molar-refractivity contribution >= 4 is 17.9 Å². The highest BCUT2D eigenvalue weighted by Crippen LogP contribution is 2.24. The molecule has 0 aliphatic carbocycles. The molecule has 0 bridgehead atoms. The molecule has 1 aliphatic rings. The van der Waals surface area contributed by atoms with E-state index in [1.165, 1.54) is 0 Å². The van der Waals surface area contributed by atoms with Crippen molar-refractivity contribution in [3.8, 4) is 0 Å². The van der Waals surface area contributed by atoms with Gasteiger partial charge in [0.2, 0.25) is 0 Å². The van der Waals surface area contributed by atoms with Crippen LogP contribution in [0.15, 0.2) is 40.9 Å². The van der Waals surface area contributed by atoms with Crippen LogP contribution in [-0.4, -0.2) is 17.3 Å². The van der Waals surface area contributed by atoms with Gasteiger partial charge in [0.1, 0.15) is 0 Å². The van der Waals surface area contributed by atoms with Crippen LogP contribution in [0.25, 0.3) is 0 Å². The highest BCUT2D eigenvalue weighted by molar-refractivity contribution is 5.80. The quantitative estimate of drug-likeness (QED) is 0.798. The van der Waals surface area contributed by atoms with Crippen molar-refractivity contribution in [3.63, 3.8) is 0 Å². The molecule has 1 aromatic rings. The number of allylic oxidation sites excluding steroid dienone is 1. The average Bonchev–Trinajstić information content (AvgIpc) is 2.38. The largest absolute Gasteiger partial charge is 0.481 e. The van der Waals surface area contributed by atoms with Crippen LogP contribution in [0.5, 0.6) is 0 Å². The predicted octanol–water partition coefficient (Wildman–Crippen LogP) is 2.35. The average molecular weight is 201 g/mol. The van der Waals surface area contributed by atoms with Crippen LogP contribution in [0, 0.1) is 0 Å². The molecule has 3 heteroatoms. The number of carboxylic acids is 1. The summed E-state index contributed by atoms with van der Waals surface area (Å²) in [5.41, 5.74) is 2.89. The lowest BCUT2D eigenvalue weighted by Gasteiger charge is -2.04. The van der Waals surface area contributed by atoms with E-state index >= 15 is 0 Å². The first-order valence-corrected chi connectivity index (χ1v) is 4.77. The minimum Gasteiger partial charge on any atom is -0.481 e. The van der Waals surface area contributed by atoms with Crippen molar-refractivity contribution in [2.75, 3.05) is 0 Å².